The van der Waals surface area contributed by atoms with Crippen LogP contribution in [-0.4, -0.2) is 25.4 Å². The van der Waals surface area contributed by atoms with Crippen LogP contribution in [0.1, 0.15) is 30.0 Å². The van der Waals surface area contributed by atoms with Crippen LogP contribution in [0.15, 0.2) is 33.9 Å². The number of nitrogens with one attached hydrogen (secondary N) is 3. The number of aromatic amines is 2. The van der Waals surface area contributed by atoms with Gasteiger partial charge in [0.2, 0.25) is 5.91 Å². The Labute approximate surface area is 142 Å². The van der Waals surface area contributed by atoms with E-state index >= 15 is 0 Å². The molecule has 1 aromatic carbocycles. The van der Waals surface area contributed by atoms with E-state index in [0.717, 1.165) is 16.9 Å². The zero-order valence-electron chi connectivity index (χ0n) is 14.2. The number of benzene rings is 1. The maximum Gasteiger partial charge on any atom is 0.325 e. The molecule has 0 aliphatic carbocycles. The average Bonchev–Trinajstić information content (AvgIpc) is 2.88. The predicted molar refractivity (Wildman–Crippen MR) is 93.4 cm³/mol. The van der Waals surface area contributed by atoms with E-state index in [2.05, 4.69) is 20.3 Å². The van der Waals surface area contributed by atoms with Crippen molar-refractivity contribution in [3.63, 3.8) is 0 Å². The molecule has 2 heterocycles. The van der Waals surface area contributed by atoms with Gasteiger partial charge >= 0.3 is 5.69 Å². The van der Waals surface area contributed by atoms with Gasteiger partial charge in [-0.15, -0.1) is 0 Å². The SMILES string of the molecule is Cc1[nH]c(=O)[nH]c(=O)c1CC(=O)NC(C)c1nc2ccccc2n1C. The Hall–Kier alpha value is -3.16. The Kier molecular flexibility index (Phi) is 4.26. The van der Waals surface area contributed by atoms with Crippen LogP contribution in [0.5, 0.6) is 0 Å². The average molecular weight is 341 g/mol. The van der Waals surface area contributed by atoms with Crippen LogP contribution >= 0.6 is 0 Å². The Bertz CT molecular complexity index is 1060. The largest absolute Gasteiger partial charge is 0.346 e. The van der Waals surface area contributed by atoms with Gasteiger partial charge in [-0.3, -0.25) is 14.6 Å². The molecule has 1 atom stereocenters. The van der Waals surface area contributed by atoms with Crippen molar-refractivity contribution in [3.05, 3.63) is 62.2 Å². The number of fused-ring (bicyclic) bond motifs is 1. The number of amides is 1. The number of hydrogen-bond acceptors (Lipinski definition) is 4. The number of imidazole rings is 1. The Balaban J connectivity index is 1.80. The molecule has 0 fully saturated rings. The first-order valence-corrected chi connectivity index (χ1v) is 7.89. The summed E-state index contributed by atoms with van der Waals surface area (Å²) >= 11 is 0. The number of aromatic nitrogens is 4. The van der Waals surface area contributed by atoms with E-state index in [1.165, 1.54) is 0 Å². The summed E-state index contributed by atoms with van der Waals surface area (Å²) in [4.78, 5) is 44.6. The van der Waals surface area contributed by atoms with Gasteiger partial charge in [-0.2, -0.15) is 0 Å². The molecule has 8 heteroatoms. The molecule has 0 saturated heterocycles. The zero-order chi connectivity index (χ0) is 18.1. The van der Waals surface area contributed by atoms with Gasteiger partial charge < -0.3 is 14.9 Å². The fourth-order valence-corrected chi connectivity index (χ4v) is 2.91. The summed E-state index contributed by atoms with van der Waals surface area (Å²) in [6.07, 6.45) is -0.119. The smallest absolute Gasteiger partial charge is 0.325 e. The molecule has 0 radical (unpaired) electrons. The molecule has 0 bridgehead atoms. The van der Waals surface area contributed by atoms with Gasteiger partial charge in [0.15, 0.2) is 0 Å². The van der Waals surface area contributed by atoms with Crippen molar-refractivity contribution in [2.45, 2.75) is 26.3 Å². The summed E-state index contributed by atoms with van der Waals surface area (Å²) in [5.41, 5.74) is 1.33. The van der Waals surface area contributed by atoms with Gasteiger partial charge in [-0.1, -0.05) is 12.1 Å². The lowest BCUT2D eigenvalue weighted by Gasteiger charge is -2.14. The first kappa shape index (κ1) is 16.7. The zero-order valence-corrected chi connectivity index (χ0v) is 14.2. The van der Waals surface area contributed by atoms with Crippen LogP contribution in [0.25, 0.3) is 11.0 Å². The second kappa shape index (κ2) is 6.39. The van der Waals surface area contributed by atoms with E-state index in [1.807, 2.05) is 42.8 Å². The van der Waals surface area contributed by atoms with Crippen molar-refractivity contribution >= 4 is 16.9 Å². The van der Waals surface area contributed by atoms with E-state index in [0.29, 0.717) is 5.69 Å². The highest BCUT2D eigenvalue weighted by Crippen LogP contribution is 2.19. The topological polar surface area (TPSA) is 113 Å². The van der Waals surface area contributed by atoms with E-state index in [-0.39, 0.29) is 23.9 Å². The molecule has 25 heavy (non-hydrogen) atoms. The molecule has 0 saturated carbocycles. The molecule has 0 aliphatic rings. The highest BCUT2D eigenvalue weighted by Gasteiger charge is 2.18. The quantitative estimate of drug-likeness (QED) is 0.647. The summed E-state index contributed by atoms with van der Waals surface area (Å²) in [5, 5.41) is 2.85. The third kappa shape index (κ3) is 3.23. The fraction of sp³-hybridized carbons (Fsp3) is 0.294. The standard InChI is InChI=1S/C17H19N5O3/c1-9-11(16(24)21-17(25)19-9)8-14(23)18-10(2)15-20-12-6-4-5-7-13(12)22(15)3/h4-7,10H,8H2,1-3H3,(H,18,23)(H2,19,21,24,25). The number of para-hydroxylation sites is 2. The van der Waals surface area contributed by atoms with Crippen LogP contribution < -0.4 is 16.6 Å². The monoisotopic (exact) mass is 341 g/mol. The summed E-state index contributed by atoms with van der Waals surface area (Å²) in [7, 11) is 1.89. The molecule has 1 unspecified atom stereocenters. The van der Waals surface area contributed by atoms with Gasteiger partial charge in [0.1, 0.15) is 5.82 Å². The van der Waals surface area contributed by atoms with Gasteiger partial charge in [0.25, 0.3) is 5.56 Å². The molecule has 130 valence electrons. The van der Waals surface area contributed by atoms with Crippen molar-refractivity contribution in [1.82, 2.24) is 24.8 Å². The van der Waals surface area contributed by atoms with Crippen LogP contribution in [0.2, 0.25) is 0 Å². The Morgan fingerprint density at radius 1 is 1.28 bits per heavy atom. The van der Waals surface area contributed by atoms with Gasteiger partial charge in [0.05, 0.1) is 23.5 Å². The summed E-state index contributed by atoms with van der Waals surface area (Å²) in [5.74, 6) is 0.404. The highest BCUT2D eigenvalue weighted by atomic mass is 16.2. The van der Waals surface area contributed by atoms with Crippen molar-refractivity contribution < 1.29 is 4.79 Å². The van der Waals surface area contributed by atoms with Crippen molar-refractivity contribution in [2.75, 3.05) is 0 Å². The maximum absolute atomic E-state index is 12.3. The van der Waals surface area contributed by atoms with Crippen LogP contribution in [0.4, 0.5) is 0 Å². The number of hydrogen-bond donors (Lipinski definition) is 3. The number of carbonyl (C=O) groups is 1. The number of rotatable bonds is 4. The molecular formula is C17H19N5O3. The van der Waals surface area contributed by atoms with Crippen molar-refractivity contribution in [3.8, 4) is 0 Å². The Morgan fingerprint density at radius 2 is 2.00 bits per heavy atom. The number of carbonyl (C=O) groups excluding carboxylic acids is 1. The normalized spacial score (nSPS) is 12.3. The summed E-state index contributed by atoms with van der Waals surface area (Å²) in [6.45, 7) is 3.43. The molecule has 0 aliphatic heterocycles. The van der Waals surface area contributed by atoms with Crippen molar-refractivity contribution in [2.24, 2.45) is 7.05 Å². The van der Waals surface area contributed by atoms with Crippen molar-refractivity contribution in [1.29, 1.82) is 0 Å². The number of aryl methyl sites for hydroxylation is 2. The minimum atomic E-state index is -0.584. The molecule has 8 nitrogen and oxygen atoms in total. The van der Waals surface area contributed by atoms with E-state index in [4.69, 9.17) is 0 Å². The number of H-pyrrole nitrogens is 2. The van der Waals surface area contributed by atoms with E-state index in [1.54, 1.807) is 6.92 Å². The fourth-order valence-electron chi connectivity index (χ4n) is 2.91. The van der Waals surface area contributed by atoms with Crippen LogP contribution in [0.3, 0.4) is 0 Å². The molecule has 0 spiro atoms. The second-order valence-electron chi connectivity index (χ2n) is 6.00. The minimum absolute atomic E-state index is 0.119. The predicted octanol–water partition coefficient (Wildman–Crippen LogP) is 0.678. The first-order chi connectivity index (χ1) is 11.9. The summed E-state index contributed by atoms with van der Waals surface area (Å²) < 4.78 is 1.93. The molecule has 3 rings (SSSR count). The maximum atomic E-state index is 12.3. The third-order valence-electron chi connectivity index (χ3n) is 4.18. The second-order valence-corrected chi connectivity index (χ2v) is 6.00. The lowest BCUT2D eigenvalue weighted by Crippen LogP contribution is -2.34. The van der Waals surface area contributed by atoms with Gasteiger partial charge in [-0.25, -0.2) is 9.78 Å². The molecule has 1 amide bonds. The highest BCUT2D eigenvalue weighted by molar-refractivity contribution is 5.79. The lowest BCUT2D eigenvalue weighted by molar-refractivity contribution is -0.121. The molecule has 3 N–H and O–H groups in total. The third-order valence-corrected chi connectivity index (χ3v) is 4.18. The Morgan fingerprint density at radius 3 is 2.68 bits per heavy atom. The first-order valence-electron chi connectivity index (χ1n) is 7.89. The number of nitrogens with zero attached hydrogens (tertiary/aromatic N) is 2. The van der Waals surface area contributed by atoms with E-state index < -0.39 is 11.2 Å². The van der Waals surface area contributed by atoms with Gasteiger partial charge in [0, 0.05) is 18.3 Å². The molecule has 3 aromatic rings. The molecule has 2 aromatic heterocycles. The molecular weight excluding hydrogens is 322 g/mol. The van der Waals surface area contributed by atoms with Crippen LogP contribution in [0, 0.1) is 6.92 Å². The lowest BCUT2D eigenvalue weighted by atomic mass is 10.1. The summed E-state index contributed by atoms with van der Waals surface area (Å²) in [6, 6.07) is 7.39. The van der Waals surface area contributed by atoms with Crippen LogP contribution in [-0.2, 0) is 18.3 Å². The van der Waals surface area contributed by atoms with E-state index in [9.17, 15) is 14.4 Å². The minimum Gasteiger partial charge on any atom is -0.346 e. The van der Waals surface area contributed by atoms with Gasteiger partial charge in [-0.05, 0) is 26.0 Å².